The summed E-state index contributed by atoms with van der Waals surface area (Å²) in [4.78, 5) is 4.53. The number of thiazole rings is 1. The molecule has 27 heavy (non-hydrogen) atoms. The molecule has 0 unspecified atom stereocenters. The molecule has 0 atom stereocenters. The lowest BCUT2D eigenvalue weighted by molar-refractivity contribution is 0.306. The third-order valence-electron chi connectivity index (χ3n) is 4.13. The van der Waals surface area contributed by atoms with Gasteiger partial charge in [-0.05, 0) is 54.4 Å². The predicted octanol–water partition coefficient (Wildman–Crippen LogP) is 5.71. The minimum absolute atomic E-state index is 0.562. The second-order valence-corrected chi connectivity index (χ2v) is 7.13. The molecule has 4 aromatic rings. The second-order valence-electron chi connectivity index (χ2n) is 6.09. The Morgan fingerprint density at radius 3 is 2.48 bits per heavy atom. The number of hydrazone groups is 1. The third kappa shape index (κ3) is 4.33. The van der Waals surface area contributed by atoms with E-state index in [1.807, 2.05) is 67.6 Å². The number of benzene rings is 3. The summed E-state index contributed by atoms with van der Waals surface area (Å²) in [6, 6.07) is 26.2. The highest BCUT2D eigenvalue weighted by atomic mass is 32.1. The Bertz CT molecular complexity index is 1020. The molecule has 0 aliphatic heterocycles. The Hall–Kier alpha value is -3.18. The number of hydrogen-bond donors (Lipinski definition) is 1. The summed E-state index contributed by atoms with van der Waals surface area (Å²) in [6.07, 6.45) is 0. The molecule has 1 N–H and O–H groups in total. The molecule has 0 bridgehead atoms. The zero-order valence-electron chi connectivity index (χ0n) is 14.9. The fourth-order valence-electron chi connectivity index (χ4n) is 2.65. The SMILES string of the molecule is C/C(=N\Nc1nc2ccccc2s1)c1ccc(OCc2ccccc2)cc1. The van der Waals surface area contributed by atoms with Crippen LogP contribution in [-0.4, -0.2) is 10.7 Å². The van der Waals surface area contributed by atoms with E-state index in [1.165, 1.54) is 0 Å². The standard InChI is InChI=1S/C22H19N3OS/c1-16(24-25-22-23-20-9-5-6-10-21(20)27-22)18-11-13-19(14-12-18)26-15-17-7-3-2-4-8-17/h2-14H,15H2,1H3,(H,23,25)/b24-16+. The number of ether oxygens (including phenoxy) is 1. The summed E-state index contributed by atoms with van der Waals surface area (Å²) in [5, 5.41) is 5.25. The largest absolute Gasteiger partial charge is 0.489 e. The molecule has 4 rings (SSSR count). The fourth-order valence-corrected chi connectivity index (χ4v) is 3.46. The maximum atomic E-state index is 5.83. The van der Waals surface area contributed by atoms with Crippen molar-refractivity contribution in [3.05, 3.63) is 90.0 Å². The predicted molar refractivity (Wildman–Crippen MR) is 113 cm³/mol. The van der Waals surface area contributed by atoms with E-state index >= 15 is 0 Å². The van der Waals surface area contributed by atoms with Gasteiger partial charge in [-0.1, -0.05) is 53.8 Å². The Kier molecular flexibility index (Phi) is 5.12. The smallest absolute Gasteiger partial charge is 0.204 e. The van der Waals surface area contributed by atoms with Crippen molar-refractivity contribution < 1.29 is 4.74 Å². The molecule has 0 amide bonds. The van der Waals surface area contributed by atoms with Gasteiger partial charge >= 0.3 is 0 Å². The normalized spacial score (nSPS) is 11.5. The Morgan fingerprint density at radius 1 is 0.963 bits per heavy atom. The quantitative estimate of drug-likeness (QED) is 0.348. The van der Waals surface area contributed by atoms with Crippen molar-refractivity contribution in [2.75, 3.05) is 5.43 Å². The van der Waals surface area contributed by atoms with E-state index in [0.29, 0.717) is 6.61 Å². The number of nitrogens with one attached hydrogen (secondary N) is 1. The number of nitrogens with zero attached hydrogens (tertiary/aromatic N) is 2. The zero-order chi connectivity index (χ0) is 18.5. The number of rotatable bonds is 6. The van der Waals surface area contributed by atoms with Gasteiger partial charge in [0.25, 0.3) is 0 Å². The first kappa shape index (κ1) is 17.2. The summed E-state index contributed by atoms with van der Waals surface area (Å²) in [5.41, 5.74) is 7.12. The van der Waals surface area contributed by atoms with Crippen molar-refractivity contribution in [1.29, 1.82) is 0 Å². The Labute approximate surface area is 162 Å². The molecule has 0 spiro atoms. The van der Waals surface area contributed by atoms with E-state index in [0.717, 1.165) is 37.9 Å². The fraction of sp³-hybridized carbons (Fsp3) is 0.0909. The van der Waals surface area contributed by atoms with Gasteiger partial charge in [0.15, 0.2) is 0 Å². The van der Waals surface area contributed by atoms with Gasteiger partial charge < -0.3 is 4.74 Å². The van der Waals surface area contributed by atoms with Crippen LogP contribution in [0.15, 0.2) is 84.0 Å². The van der Waals surface area contributed by atoms with Crippen LogP contribution in [0, 0.1) is 0 Å². The molecule has 1 aromatic heterocycles. The van der Waals surface area contributed by atoms with Gasteiger partial charge in [-0.15, -0.1) is 0 Å². The summed E-state index contributed by atoms with van der Waals surface area (Å²) >= 11 is 1.59. The molecule has 134 valence electrons. The molecule has 0 saturated heterocycles. The topological polar surface area (TPSA) is 46.5 Å². The molecular formula is C22H19N3OS. The van der Waals surface area contributed by atoms with E-state index in [9.17, 15) is 0 Å². The van der Waals surface area contributed by atoms with Gasteiger partial charge in [0.05, 0.1) is 15.9 Å². The number of para-hydroxylation sites is 1. The van der Waals surface area contributed by atoms with Crippen LogP contribution in [0.1, 0.15) is 18.1 Å². The Morgan fingerprint density at radius 2 is 1.70 bits per heavy atom. The minimum Gasteiger partial charge on any atom is -0.489 e. The molecule has 0 radical (unpaired) electrons. The van der Waals surface area contributed by atoms with Crippen LogP contribution < -0.4 is 10.2 Å². The Balaban J connectivity index is 1.39. The first-order valence-electron chi connectivity index (χ1n) is 8.71. The van der Waals surface area contributed by atoms with E-state index in [1.54, 1.807) is 11.3 Å². The average Bonchev–Trinajstić information content (AvgIpc) is 3.15. The van der Waals surface area contributed by atoms with Crippen LogP contribution in [0.25, 0.3) is 10.2 Å². The van der Waals surface area contributed by atoms with Crippen molar-refractivity contribution in [1.82, 2.24) is 4.98 Å². The molecular weight excluding hydrogens is 354 g/mol. The van der Waals surface area contributed by atoms with E-state index in [2.05, 4.69) is 33.7 Å². The van der Waals surface area contributed by atoms with Gasteiger partial charge in [0.2, 0.25) is 5.13 Å². The van der Waals surface area contributed by atoms with Gasteiger partial charge in [0.1, 0.15) is 12.4 Å². The van der Waals surface area contributed by atoms with Crippen LogP contribution in [0.2, 0.25) is 0 Å². The number of aromatic nitrogens is 1. The highest BCUT2D eigenvalue weighted by Crippen LogP contribution is 2.25. The highest BCUT2D eigenvalue weighted by Gasteiger charge is 2.03. The number of anilines is 1. The summed E-state index contributed by atoms with van der Waals surface area (Å²) in [7, 11) is 0. The lowest BCUT2D eigenvalue weighted by atomic mass is 10.1. The zero-order valence-corrected chi connectivity index (χ0v) is 15.7. The van der Waals surface area contributed by atoms with Crippen molar-refractivity contribution >= 4 is 32.4 Å². The third-order valence-corrected chi connectivity index (χ3v) is 5.07. The van der Waals surface area contributed by atoms with Gasteiger partial charge in [0, 0.05) is 0 Å². The highest BCUT2D eigenvalue weighted by molar-refractivity contribution is 7.22. The van der Waals surface area contributed by atoms with Crippen molar-refractivity contribution in [2.24, 2.45) is 5.10 Å². The summed E-state index contributed by atoms with van der Waals surface area (Å²) in [5.74, 6) is 0.842. The number of fused-ring (bicyclic) bond motifs is 1. The van der Waals surface area contributed by atoms with Crippen LogP contribution >= 0.6 is 11.3 Å². The summed E-state index contributed by atoms with van der Waals surface area (Å²) in [6.45, 7) is 2.53. The number of hydrogen-bond acceptors (Lipinski definition) is 5. The van der Waals surface area contributed by atoms with Gasteiger partial charge in [-0.25, -0.2) is 4.98 Å². The van der Waals surface area contributed by atoms with Crippen LogP contribution in [0.3, 0.4) is 0 Å². The second kappa shape index (κ2) is 8.01. The van der Waals surface area contributed by atoms with E-state index < -0.39 is 0 Å². The lowest BCUT2D eigenvalue weighted by Crippen LogP contribution is -2.00. The molecule has 0 aliphatic rings. The summed E-state index contributed by atoms with van der Waals surface area (Å²) < 4.78 is 6.97. The monoisotopic (exact) mass is 373 g/mol. The first-order chi connectivity index (χ1) is 13.3. The molecule has 1 heterocycles. The molecule has 4 nitrogen and oxygen atoms in total. The van der Waals surface area contributed by atoms with Crippen molar-refractivity contribution in [3.8, 4) is 5.75 Å². The van der Waals surface area contributed by atoms with Crippen LogP contribution in [0.5, 0.6) is 5.75 Å². The van der Waals surface area contributed by atoms with Crippen molar-refractivity contribution in [3.63, 3.8) is 0 Å². The molecule has 0 saturated carbocycles. The van der Waals surface area contributed by atoms with E-state index in [-0.39, 0.29) is 0 Å². The lowest BCUT2D eigenvalue weighted by Gasteiger charge is -2.07. The maximum Gasteiger partial charge on any atom is 0.204 e. The molecule has 0 fully saturated rings. The van der Waals surface area contributed by atoms with Gasteiger partial charge in [-0.3, -0.25) is 5.43 Å². The average molecular weight is 373 g/mol. The molecule has 0 aliphatic carbocycles. The first-order valence-corrected chi connectivity index (χ1v) is 9.52. The minimum atomic E-state index is 0.562. The maximum absolute atomic E-state index is 5.83. The van der Waals surface area contributed by atoms with Crippen molar-refractivity contribution in [2.45, 2.75) is 13.5 Å². The van der Waals surface area contributed by atoms with Crippen LogP contribution in [0.4, 0.5) is 5.13 Å². The molecule has 3 aromatic carbocycles. The van der Waals surface area contributed by atoms with E-state index in [4.69, 9.17) is 4.74 Å². The van der Waals surface area contributed by atoms with Gasteiger partial charge in [-0.2, -0.15) is 5.10 Å². The van der Waals surface area contributed by atoms with Crippen LogP contribution in [-0.2, 0) is 6.61 Å². The molecule has 5 heteroatoms.